The maximum absolute atomic E-state index is 14.0. The van der Waals surface area contributed by atoms with E-state index in [4.69, 9.17) is 0 Å². The van der Waals surface area contributed by atoms with Crippen molar-refractivity contribution < 1.29 is 9.59 Å². The minimum atomic E-state index is -1.05. The molecule has 3 aromatic rings. The van der Waals surface area contributed by atoms with Gasteiger partial charge in [-0.2, -0.15) is 5.26 Å². The number of thioether (sulfide) groups is 1. The van der Waals surface area contributed by atoms with E-state index in [9.17, 15) is 14.9 Å². The van der Waals surface area contributed by atoms with Crippen LogP contribution < -0.4 is 4.90 Å². The van der Waals surface area contributed by atoms with Crippen LogP contribution in [0.3, 0.4) is 0 Å². The molecule has 2 amide bonds. The summed E-state index contributed by atoms with van der Waals surface area (Å²) in [7, 11) is 0. The molecular weight excluding hydrogens is 426 g/mol. The molecule has 0 bridgehead atoms. The van der Waals surface area contributed by atoms with Crippen LogP contribution in [0.1, 0.15) is 31.9 Å². The third kappa shape index (κ3) is 3.06. The molecule has 0 N–H and O–H groups in total. The zero-order valence-electron chi connectivity index (χ0n) is 16.9. The van der Waals surface area contributed by atoms with Crippen LogP contribution in [0.5, 0.6) is 0 Å². The van der Waals surface area contributed by atoms with E-state index in [0.717, 1.165) is 22.4 Å². The highest BCUT2D eigenvalue weighted by atomic mass is 32.2. The lowest BCUT2D eigenvalue weighted by atomic mass is 10.0. The average molecular weight is 446 g/mol. The van der Waals surface area contributed by atoms with Crippen LogP contribution in [0.15, 0.2) is 60.0 Å². The number of hydrogen-bond acceptors (Lipinski definition) is 5. The van der Waals surface area contributed by atoms with Crippen molar-refractivity contribution in [1.29, 1.82) is 5.26 Å². The maximum atomic E-state index is 14.0. The fourth-order valence-corrected chi connectivity index (χ4v) is 6.46. The van der Waals surface area contributed by atoms with Gasteiger partial charge in [-0.25, -0.2) is 0 Å². The van der Waals surface area contributed by atoms with E-state index in [2.05, 4.69) is 6.07 Å². The Balaban J connectivity index is 1.60. The van der Waals surface area contributed by atoms with Crippen molar-refractivity contribution in [3.8, 4) is 6.07 Å². The molecule has 1 atom stereocenters. The van der Waals surface area contributed by atoms with Gasteiger partial charge in [0.2, 0.25) is 0 Å². The summed E-state index contributed by atoms with van der Waals surface area (Å²) in [4.78, 5) is 30.5. The fraction of sp³-hybridized carbons (Fsp3) is 0.208. The lowest BCUT2D eigenvalue weighted by molar-refractivity contribution is -0.123. The van der Waals surface area contributed by atoms with E-state index in [1.165, 1.54) is 23.1 Å². The van der Waals surface area contributed by atoms with Crippen LogP contribution >= 0.6 is 23.1 Å². The number of nitrogens with zero attached hydrogens (tertiary/aromatic N) is 3. The summed E-state index contributed by atoms with van der Waals surface area (Å²) in [5, 5.41) is 11.1. The molecule has 0 saturated carbocycles. The third-order valence-corrected chi connectivity index (χ3v) is 8.00. The molecule has 2 aliphatic rings. The summed E-state index contributed by atoms with van der Waals surface area (Å²) < 4.78 is 0. The van der Waals surface area contributed by atoms with E-state index in [1.54, 1.807) is 15.9 Å². The van der Waals surface area contributed by atoms with Gasteiger partial charge >= 0.3 is 0 Å². The topological polar surface area (TPSA) is 64.4 Å². The van der Waals surface area contributed by atoms with Gasteiger partial charge < -0.3 is 9.80 Å². The Labute approximate surface area is 188 Å². The molecule has 1 fully saturated rings. The first kappa shape index (κ1) is 19.9. The molecule has 1 aromatic heterocycles. The quantitative estimate of drug-likeness (QED) is 0.595. The number of rotatable bonds is 3. The monoisotopic (exact) mass is 445 g/mol. The Kier molecular flexibility index (Phi) is 4.84. The molecule has 154 valence electrons. The second-order valence-corrected chi connectivity index (χ2v) is 9.89. The van der Waals surface area contributed by atoms with Gasteiger partial charge in [-0.05, 0) is 42.1 Å². The molecule has 1 saturated heterocycles. The molecule has 7 heteroatoms. The molecule has 1 spiro atoms. The van der Waals surface area contributed by atoms with E-state index in [-0.39, 0.29) is 11.8 Å². The van der Waals surface area contributed by atoms with Gasteiger partial charge in [0.15, 0.2) is 4.87 Å². The summed E-state index contributed by atoms with van der Waals surface area (Å²) >= 11 is 2.93. The van der Waals surface area contributed by atoms with E-state index in [1.807, 2.05) is 60.8 Å². The molecule has 0 radical (unpaired) electrons. The first-order valence-electron chi connectivity index (χ1n) is 9.96. The second-order valence-electron chi connectivity index (χ2n) is 7.65. The molecule has 5 rings (SSSR count). The van der Waals surface area contributed by atoms with Gasteiger partial charge in [0.05, 0.1) is 28.7 Å². The Morgan fingerprint density at radius 2 is 2.06 bits per heavy atom. The molecule has 2 aromatic carbocycles. The number of benzene rings is 2. The summed E-state index contributed by atoms with van der Waals surface area (Å²) in [6.07, 6.45) is 0. The highest BCUT2D eigenvalue weighted by Gasteiger charge is 2.59. The Bertz CT molecular complexity index is 1230. The van der Waals surface area contributed by atoms with Crippen LogP contribution in [-0.2, 0) is 16.2 Å². The summed E-state index contributed by atoms with van der Waals surface area (Å²) in [5.74, 6) is 0.505. The van der Waals surface area contributed by atoms with Crippen molar-refractivity contribution >= 4 is 40.6 Å². The van der Waals surface area contributed by atoms with Crippen LogP contribution in [0, 0.1) is 18.3 Å². The Morgan fingerprint density at radius 3 is 2.84 bits per heavy atom. The summed E-state index contributed by atoms with van der Waals surface area (Å²) in [6.45, 7) is 2.88. The smallest absolute Gasteiger partial charge is 0.268 e. The second kappa shape index (κ2) is 7.56. The minimum absolute atomic E-state index is 0.0946. The Hall–Kier alpha value is -3.08. The van der Waals surface area contributed by atoms with Crippen molar-refractivity contribution in [3.63, 3.8) is 0 Å². The number of amides is 2. The number of thiophene rings is 1. The standard InChI is InChI=1S/C24H19N3O2S2/c1-16-7-8-20-19(12-16)24(27(9-11-31-24)22(28)21-6-3-10-30-21)23(29)26(20)15-18-5-2-4-17(13-18)14-25/h2-8,10,12-13H,9,11,15H2,1H3/t24-/m0/s1. The number of anilines is 1. The van der Waals surface area contributed by atoms with Crippen LogP contribution in [0.2, 0.25) is 0 Å². The van der Waals surface area contributed by atoms with Gasteiger partial charge in [0.1, 0.15) is 0 Å². The number of aryl methyl sites for hydroxylation is 1. The third-order valence-electron chi connectivity index (χ3n) is 5.72. The van der Waals surface area contributed by atoms with Crippen LogP contribution in [-0.4, -0.2) is 29.0 Å². The zero-order valence-corrected chi connectivity index (χ0v) is 18.5. The molecule has 3 heterocycles. The highest BCUT2D eigenvalue weighted by Crippen LogP contribution is 2.55. The summed E-state index contributed by atoms with van der Waals surface area (Å²) in [5.41, 5.74) is 4.20. The maximum Gasteiger partial charge on any atom is 0.268 e. The SMILES string of the molecule is Cc1ccc2c(c1)[C@]1(SCCN1C(=O)c1cccs1)C(=O)N2Cc1cccc(C#N)c1. The predicted octanol–water partition coefficient (Wildman–Crippen LogP) is 4.52. The lowest BCUT2D eigenvalue weighted by Gasteiger charge is -2.33. The minimum Gasteiger partial charge on any atom is -0.310 e. The number of carbonyl (C=O) groups is 2. The zero-order chi connectivity index (χ0) is 21.6. The number of nitriles is 1. The Morgan fingerprint density at radius 1 is 1.19 bits per heavy atom. The van der Waals surface area contributed by atoms with Crippen molar-refractivity contribution in [2.24, 2.45) is 0 Å². The first-order valence-corrected chi connectivity index (χ1v) is 11.8. The van der Waals surface area contributed by atoms with Crippen molar-refractivity contribution in [2.75, 3.05) is 17.2 Å². The molecule has 0 unspecified atom stereocenters. The van der Waals surface area contributed by atoms with E-state index < -0.39 is 4.87 Å². The number of hydrogen-bond donors (Lipinski definition) is 0. The van der Waals surface area contributed by atoms with Gasteiger partial charge in [0, 0.05) is 17.9 Å². The lowest BCUT2D eigenvalue weighted by Crippen LogP contribution is -2.50. The number of fused-ring (bicyclic) bond motifs is 2. The normalized spacial score (nSPS) is 19.7. The molecule has 5 nitrogen and oxygen atoms in total. The molecule has 2 aliphatic heterocycles. The van der Waals surface area contributed by atoms with Crippen molar-refractivity contribution in [3.05, 3.63) is 87.1 Å². The molecular formula is C24H19N3O2S2. The van der Waals surface area contributed by atoms with Crippen molar-refractivity contribution in [1.82, 2.24) is 4.90 Å². The van der Waals surface area contributed by atoms with Crippen molar-refractivity contribution in [2.45, 2.75) is 18.3 Å². The van der Waals surface area contributed by atoms with Gasteiger partial charge in [-0.1, -0.05) is 35.9 Å². The van der Waals surface area contributed by atoms with Gasteiger partial charge in [-0.3, -0.25) is 9.59 Å². The molecule has 0 aliphatic carbocycles. The average Bonchev–Trinajstić information content (AvgIpc) is 3.51. The predicted molar refractivity (Wildman–Crippen MR) is 123 cm³/mol. The van der Waals surface area contributed by atoms with Gasteiger partial charge in [0.25, 0.3) is 11.8 Å². The van der Waals surface area contributed by atoms with Crippen LogP contribution in [0.25, 0.3) is 0 Å². The fourth-order valence-electron chi connectivity index (χ4n) is 4.34. The van der Waals surface area contributed by atoms with Gasteiger partial charge in [-0.15, -0.1) is 23.1 Å². The molecule has 31 heavy (non-hydrogen) atoms. The highest BCUT2D eigenvalue weighted by molar-refractivity contribution is 8.01. The van der Waals surface area contributed by atoms with E-state index in [0.29, 0.717) is 29.3 Å². The largest absolute Gasteiger partial charge is 0.310 e. The summed E-state index contributed by atoms with van der Waals surface area (Å²) in [6, 6.07) is 19.1. The van der Waals surface area contributed by atoms with Crippen LogP contribution in [0.4, 0.5) is 5.69 Å². The first-order chi connectivity index (χ1) is 15.0. The number of carbonyl (C=O) groups excluding carboxylic acids is 2. The van der Waals surface area contributed by atoms with E-state index >= 15 is 0 Å².